The number of hydrogen-bond acceptors (Lipinski definition) is 2. The second kappa shape index (κ2) is 7.05. The van der Waals surface area contributed by atoms with Gasteiger partial charge in [0.25, 0.3) is 5.91 Å². The lowest BCUT2D eigenvalue weighted by molar-refractivity contribution is 0.0787. The molecule has 124 valence electrons. The van der Waals surface area contributed by atoms with E-state index < -0.39 is 0 Å². The number of halogens is 1. The molecule has 3 rings (SSSR count). The fourth-order valence-electron chi connectivity index (χ4n) is 2.69. The topological polar surface area (TPSA) is 37.6 Å². The molecule has 2 heterocycles. The fraction of sp³-hybridized carbons (Fsp3) is 0.263. The summed E-state index contributed by atoms with van der Waals surface area (Å²) in [6, 6.07) is 11.5. The highest BCUT2D eigenvalue weighted by molar-refractivity contribution is 6.33. The number of rotatable bonds is 5. The Bertz CT molecular complexity index is 872. The van der Waals surface area contributed by atoms with Crippen molar-refractivity contribution in [3.8, 4) is 11.3 Å². The lowest BCUT2D eigenvalue weighted by Crippen LogP contribution is -2.28. The number of benzene rings is 1. The van der Waals surface area contributed by atoms with Crippen LogP contribution in [0.15, 0.2) is 48.8 Å². The van der Waals surface area contributed by atoms with Gasteiger partial charge in [0.2, 0.25) is 0 Å². The van der Waals surface area contributed by atoms with E-state index in [0.717, 1.165) is 36.2 Å². The Hall–Kier alpha value is -2.33. The predicted octanol–water partition coefficient (Wildman–Crippen LogP) is 4.53. The van der Waals surface area contributed by atoms with Gasteiger partial charge in [0, 0.05) is 31.5 Å². The first-order chi connectivity index (χ1) is 11.6. The molecule has 4 nitrogen and oxygen atoms in total. The lowest BCUT2D eigenvalue weighted by atomic mass is 10.1. The Labute approximate surface area is 146 Å². The molecule has 0 saturated carbocycles. The zero-order valence-corrected chi connectivity index (χ0v) is 14.6. The third-order valence-corrected chi connectivity index (χ3v) is 4.39. The van der Waals surface area contributed by atoms with Gasteiger partial charge in [-0.2, -0.15) is 0 Å². The maximum absolute atomic E-state index is 12.7. The van der Waals surface area contributed by atoms with E-state index in [1.165, 1.54) is 0 Å². The molecule has 0 saturated heterocycles. The van der Waals surface area contributed by atoms with Crippen LogP contribution in [0.1, 0.15) is 30.3 Å². The van der Waals surface area contributed by atoms with Crippen LogP contribution < -0.4 is 0 Å². The minimum atomic E-state index is -0.0765. The summed E-state index contributed by atoms with van der Waals surface area (Å²) in [5, 5.41) is 0.622. The molecule has 0 atom stereocenters. The van der Waals surface area contributed by atoms with Gasteiger partial charge in [-0.15, -0.1) is 0 Å². The summed E-state index contributed by atoms with van der Waals surface area (Å²) in [5.41, 5.74) is 2.90. The van der Waals surface area contributed by atoms with Crippen molar-refractivity contribution in [2.75, 3.05) is 13.6 Å². The van der Waals surface area contributed by atoms with Gasteiger partial charge >= 0.3 is 0 Å². The number of aromatic nitrogens is 2. The molecule has 1 aromatic carbocycles. The average molecular weight is 342 g/mol. The van der Waals surface area contributed by atoms with Crippen LogP contribution in [0.3, 0.4) is 0 Å². The smallest absolute Gasteiger partial charge is 0.273 e. The Morgan fingerprint density at radius 2 is 2.04 bits per heavy atom. The molecular weight excluding hydrogens is 322 g/mol. The summed E-state index contributed by atoms with van der Waals surface area (Å²) >= 11 is 6.34. The Balaban J connectivity index is 2.08. The molecule has 0 N–H and O–H groups in total. The highest BCUT2D eigenvalue weighted by Gasteiger charge is 2.17. The number of unbranched alkanes of at least 4 members (excludes halogenated alkanes) is 1. The van der Waals surface area contributed by atoms with Crippen molar-refractivity contribution in [3.05, 3.63) is 59.5 Å². The molecule has 0 radical (unpaired) electrons. The Morgan fingerprint density at radius 3 is 2.79 bits per heavy atom. The van der Waals surface area contributed by atoms with E-state index in [9.17, 15) is 4.79 Å². The number of amides is 1. The van der Waals surface area contributed by atoms with Crippen LogP contribution in [0, 0.1) is 0 Å². The third kappa shape index (κ3) is 3.15. The van der Waals surface area contributed by atoms with E-state index in [0.29, 0.717) is 10.7 Å². The zero-order chi connectivity index (χ0) is 17.1. The highest BCUT2D eigenvalue weighted by atomic mass is 35.5. The number of carbonyl (C=O) groups is 1. The maximum atomic E-state index is 12.7. The summed E-state index contributed by atoms with van der Waals surface area (Å²) in [4.78, 5) is 19.1. The first-order valence-electron chi connectivity index (χ1n) is 8.10. The molecule has 0 spiro atoms. The Morgan fingerprint density at radius 1 is 1.25 bits per heavy atom. The molecule has 0 aliphatic heterocycles. The molecule has 3 aromatic rings. The van der Waals surface area contributed by atoms with E-state index in [1.807, 2.05) is 54.0 Å². The largest absolute Gasteiger partial charge is 0.340 e. The number of hydrogen-bond donors (Lipinski definition) is 0. The molecule has 0 unspecified atom stereocenters. The molecule has 0 fully saturated rings. The zero-order valence-electron chi connectivity index (χ0n) is 13.9. The van der Waals surface area contributed by atoms with Crippen molar-refractivity contribution in [2.24, 2.45) is 0 Å². The van der Waals surface area contributed by atoms with Crippen molar-refractivity contribution >= 4 is 23.0 Å². The normalized spacial score (nSPS) is 11.0. The number of fused-ring (bicyclic) bond motifs is 1. The molecule has 0 bridgehead atoms. The first-order valence-corrected chi connectivity index (χ1v) is 8.47. The summed E-state index contributed by atoms with van der Waals surface area (Å²) in [6.45, 7) is 2.83. The van der Waals surface area contributed by atoms with Crippen LogP contribution in [0.2, 0.25) is 5.02 Å². The van der Waals surface area contributed by atoms with Crippen LogP contribution in [-0.4, -0.2) is 33.8 Å². The van der Waals surface area contributed by atoms with Gasteiger partial charge in [-0.1, -0.05) is 43.1 Å². The molecule has 2 aromatic heterocycles. The van der Waals surface area contributed by atoms with Gasteiger partial charge in [0.1, 0.15) is 5.69 Å². The molecule has 5 heteroatoms. The summed E-state index contributed by atoms with van der Waals surface area (Å²) in [6.07, 6.45) is 5.72. The van der Waals surface area contributed by atoms with Crippen LogP contribution in [0.25, 0.3) is 16.8 Å². The van der Waals surface area contributed by atoms with Crippen molar-refractivity contribution in [1.29, 1.82) is 0 Å². The molecule has 0 aliphatic carbocycles. The average Bonchev–Trinajstić information content (AvgIpc) is 3.07. The summed E-state index contributed by atoms with van der Waals surface area (Å²) < 4.78 is 1.92. The van der Waals surface area contributed by atoms with Crippen LogP contribution in [-0.2, 0) is 0 Å². The number of nitrogens with zero attached hydrogens (tertiary/aromatic N) is 3. The van der Waals surface area contributed by atoms with Crippen molar-refractivity contribution in [1.82, 2.24) is 14.3 Å². The monoisotopic (exact) mass is 341 g/mol. The molecule has 24 heavy (non-hydrogen) atoms. The Kier molecular flexibility index (Phi) is 4.86. The molecular formula is C19H20ClN3O. The molecule has 0 aliphatic rings. The van der Waals surface area contributed by atoms with E-state index in [4.69, 9.17) is 11.6 Å². The van der Waals surface area contributed by atoms with Gasteiger partial charge < -0.3 is 9.30 Å². The fourth-order valence-corrected chi connectivity index (χ4v) is 2.92. The summed E-state index contributed by atoms with van der Waals surface area (Å²) in [7, 11) is 1.81. The van der Waals surface area contributed by atoms with E-state index in [2.05, 4.69) is 11.9 Å². The van der Waals surface area contributed by atoms with Crippen molar-refractivity contribution in [3.63, 3.8) is 0 Å². The molecule has 1 amide bonds. The van der Waals surface area contributed by atoms with Crippen molar-refractivity contribution in [2.45, 2.75) is 19.8 Å². The van der Waals surface area contributed by atoms with E-state index in [1.54, 1.807) is 11.1 Å². The first kappa shape index (κ1) is 16.5. The van der Waals surface area contributed by atoms with Gasteiger partial charge in [0.05, 0.1) is 16.2 Å². The van der Waals surface area contributed by atoms with Gasteiger partial charge in [-0.05, 0) is 24.6 Å². The summed E-state index contributed by atoms with van der Waals surface area (Å²) in [5.74, 6) is -0.0765. The third-order valence-electron chi connectivity index (χ3n) is 4.06. The predicted molar refractivity (Wildman–Crippen MR) is 97.5 cm³/mol. The lowest BCUT2D eigenvalue weighted by Gasteiger charge is -2.17. The van der Waals surface area contributed by atoms with E-state index >= 15 is 0 Å². The minimum Gasteiger partial charge on any atom is -0.340 e. The highest BCUT2D eigenvalue weighted by Crippen LogP contribution is 2.30. The minimum absolute atomic E-state index is 0.0765. The van der Waals surface area contributed by atoms with Gasteiger partial charge in [-0.3, -0.25) is 4.79 Å². The van der Waals surface area contributed by atoms with Gasteiger partial charge in [-0.25, -0.2) is 4.98 Å². The van der Waals surface area contributed by atoms with Crippen LogP contribution >= 0.6 is 11.6 Å². The van der Waals surface area contributed by atoms with Crippen LogP contribution in [0.4, 0.5) is 0 Å². The van der Waals surface area contributed by atoms with Gasteiger partial charge in [0.15, 0.2) is 0 Å². The van der Waals surface area contributed by atoms with E-state index in [-0.39, 0.29) is 5.91 Å². The number of carbonyl (C=O) groups excluding carboxylic acids is 1. The maximum Gasteiger partial charge on any atom is 0.273 e. The SMILES string of the molecule is CCCCN(C)C(=O)c1cn2cccc2c(-c2ccccc2Cl)n1. The van der Waals surface area contributed by atoms with Crippen molar-refractivity contribution < 1.29 is 4.79 Å². The quantitative estimate of drug-likeness (QED) is 0.684. The van der Waals surface area contributed by atoms with Crippen LogP contribution in [0.5, 0.6) is 0 Å². The second-order valence-electron chi connectivity index (χ2n) is 5.84. The second-order valence-corrected chi connectivity index (χ2v) is 6.24. The standard InChI is InChI=1S/C19H20ClN3O/c1-3-4-11-22(2)19(24)16-13-23-12-7-10-17(23)18(21-16)14-8-5-6-9-15(14)20/h5-10,12-13H,3-4,11H2,1-2H3.